The van der Waals surface area contributed by atoms with E-state index in [2.05, 4.69) is 15.3 Å². The highest BCUT2D eigenvalue weighted by Gasteiger charge is 2.21. The summed E-state index contributed by atoms with van der Waals surface area (Å²) in [4.78, 5) is 35.0. The minimum Gasteiger partial charge on any atom is -0.358 e. The van der Waals surface area contributed by atoms with Crippen molar-refractivity contribution in [3.05, 3.63) is 26.6 Å². The van der Waals surface area contributed by atoms with E-state index in [0.717, 1.165) is 29.5 Å². The van der Waals surface area contributed by atoms with E-state index < -0.39 is 0 Å². The highest BCUT2D eigenvalue weighted by atomic mass is 32.1. The van der Waals surface area contributed by atoms with E-state index in [0.29, 0.717) is 12.4 Å². The maximum absolute atomic E-state index is 12.3. The Balaban J connectivity index is 1.88. The first-order valence-corrected chi connectivity index (χ1v) is 7.82. The summed E-state index contributed by atoms with van der Waals surface area (Å²) < 4.78 is 0. The second-order valence-corrected chi connectivity index (χ2v) is 6.48. The summed E-state index contributed by atoms with van der Waals surface area (Å²) in [6.07, 6.45) is 3.17. The van der Waals surface area contributed by atoms with Crippen LogP contribution < -0.4 is 10.9 Å². The summed E-state index contributed by atoms with van der Waals surface area (Å²) in [5.41, 5.74) is 1.14. The third-order valence-electron chi connectivity index (χ3n) is 3.74. The van der Waals surface area contributed by atoms with Crippen LogP contribution in [0.4, 0.5) is 0 Å². The maximum atomic E-state index is 12.3. The highest BCUT2D eigenvalue weighted by molar-refractivity contribution is 7.18. The van der Waals surface area contributed by atoms with Gasteiger partial charge in [-0.15, -0.1) is 11.3 Å². The van der Waals surface area contributed by atoms with Crippen molar-refractivity contribution in [3.8, 4) is 0 Å². The van der Waals surface area contributed by atoms with Crippen molar-refractivity contribution in [1.29, 1.82) is 0 Å². The van der Waals surface area contributed by atoms with Crippen molar-refractivity contribution >= 4 is 27.5 Å². The van der Waals surface area contributed by atoms with E-state index in [4.69, 9.17) is 0 Å². The molecule has 7 heteroatoms. The number of aromatic amines is 1. The van der Waals surface area contributed by atoms with Crippen LogP contribution in [0.25, 0.3) is 10.2 Å². The van der Waals surface area contributed by atoms with Crippen LogP contribution in [-0.4, -0.2) is 41.4 Å². The lowest BCUT2D eigenvalue weighted by atomic mass is 10.2. The predicted octanol–water partition coefficient (Wildman–Crippen LogP) is 0.651. The molecule has 0 spiro atoms. The summed E-state index contributed by atoms with van der Waals surface area (Å²) in [7, 11) is 3.43. The van der Waals surface area contributed by atoms with Gasteiger partial charge >= 0.3 is 0 Å². The van der Waals surface area contributed by atoms with Crippen LogP contribution in [0, 0.1) is 0 Å². The van der Waals surface area contributed by atoms with Crippen LogP contribution in [0.2, 0.25) is 0 Å². The number of hydrogen-bond acceptors (Lipinski definition) is 5. The third-order valence-corrected chi connectivity index (χ3v) is 4.92. The molecule has 6 nitrogen and oxygen atoms in total. The molecule has 112 valence electrons. The van der Waals surface area contributed by atoms with E-state index >= 15 is 0 Å². The van der Waals surface area contributed by atoms with Crippen molar-refractivity contribution < 1.29 is 4.79 Å². The molecule has 0 fully saturated rings. The highest BCUT2D eigenvalue weighted by Crippen LogP contribution is 2.34. The van der Waals surface area contributed by atoms with Gasteiger partial charge in [-0.25, -0.2) is 4.98 Å². The first-order valence-electron chi connectivity index (χ1n) is 7.01. The Hall–Kier alpha value is -1.73. The Morgan fingerprint density at radius 2 is 2.29 bits per heavy atom. The Bertz CT molecular complexity index is 749. The van der Waals surface area contributed by atoms with E-state index in [1.54, 1.807) is 18.4 Å². The molecule has 0 atom stereocenters. The van der Waals surface area contributed by atoms with Gasteiger partial charge in [0.15, 0.2) is 0 Å². The normalized spacial score (nSPS) is 13.9. The van der Waals surface area contributed by atoms with Crippen molar-refractivity contribution in [1.82, 2.24) is 20.2 Å². The zero-order valence-corrected chi connectivity index (χ0v) is 13.0. The molecule has 0 aromatic carbocycles. The standard InChI is InChI=1S/C14H18N4O2S/c1-15-11(19)7-18(2)6-10-16-13(20)12-8-4-3-5-9(8)21-14(12)17-10/h3-7H2,1-2H3,(H,15,19)(H,16,17,20). The van der Waals surface area contributed by atoms with E-state index in [1.807, 2.05) is 11.9 Å². The van der Waals surface area contributed by atoms with Crippen molar-refractivity contribution in [2.45, 2.75) is 25.8 Å². The average Bonchev–Trinajstić information content (AvgIpc) is 2.97. The number of carbonyl (C=O) groups excluding carboxylic acids is 1. The van der Waals surface area contributed by atoms with Crippen LogP contribution in [0.15, 0.2) is 4.79 Å². The maximum Gasteiger partial charge on any atom is 0.259 e. The van der Waals surface area contributed by atoms with E-state index in [1.165, 1.54) is 10.4 Å². The predicted molar refractivity (Wildman–Crippen MR) is 82.7 cm³/mol. The zero-order valence-electron chi connectivity index (χ0n) is 12.2. The molecule has 1 amide bonds. The van der Waals surface area contributed by atoms with Gasteiger partial charge in [-0.1, -0.05) is 0 Å². The number of rotatable bonds is 4. The fourth-order valence-corrected chi connectivity index (χ4v) is 4.04. The molecule has 3 rings (SSSR count). The molecule has 0 saturated heterocycles. The molecule has 0 aliphatic heterocycles. The average molecular weight is 306 g/mol. The van der Waals surface area contributed by atoms with Crippen molar-refractivity contribution in [3.63, 3.8) is 0 Å². The van der Waals surface area contributed by atoms with Crippen LogP contribution in [0.1, 0.15) is 22.7 Å². The number of hydrogen-bond donors (Lipinski definition) is 2. The fourth-order valence-electron chi connectivity index (χ4n) is 2.76. The summed E-state index contributed by atoms with van der Waals surface area (Å²) in [6, 6.07) is 0. The third kappa shape index (κ3) is 2.71. The molecule has 1 aliphatic carbocycles. The van der Waals surface area contributed by atoms with Gasteiger partial charge in [-0.3, -0.25) is 14.5 Å². The number of aryl methyl sites for hydroxylation is 2. The topological polar surface area (TPSA) is 78.1 Å². The van der Waals surface area contributed by atoms with Gasteiger partial charge in [-0.05, 0) is 31.9 Å². The minimum atomic E-state index is -0.0592. The quantitative estimate of drug-likeness (QED) is 0.869. The first-order chi connectivity index (χ1) is 10.1. The zero-order chi connectivity index (χ0) is 15.0. The molecule has 0 saturated carbocycles. The molecule has 0 bridgehead atoms. The molecular weight excluding hydrogens is 288 g/mol. The largest absolute Gasteiger partial charge is 0.358 e. The Labute approximate surface area is 126 Å². The van der Waals surface area contributed by atoms with Gasteiger partial charge in [-0.2, -0.15) is 0 Å². The summed E-state index contributed by atoms with van der Waals surface area (Å²) >= 11 is 1.63. The number of nitrogens with one attached hydrogen (secondary N) is 2. The molecule has 21 heavy (non-hydrogen) atoms. The molecule has 2 aromatic rings. The monoisotopic (exact) mass is 306 g/mol. The lowest BCUT2D eigenvalue weighted by Gasteiger charge is -2.14. The Morgan fingerprint density at radius 3 is 3.05 bits per heavy atom. The summed E-state index contributed by atoms with van der Waals surface area (Å²) in [6.45, 7) is 0.723. The molecule has 0 unspecified atom stereocenters. The molecule has 2 heterocycles. The van der Waals surface area contributed by atoms with Gasteiger partial charge in [0.25, 0.3) is 5.56 Å². The van der Waals surface area contributed by atoms with Crippen LogP contribution in [-0.2, 0) is 24.2 Å². The number of nitrogens with zero attached hydrogens (tertiary/aromatic N) is 2. The van der Waals surface area contributed by atoms with Crippen LogP contribution >= 0.6 is 11.3 Å². The van der Waals surface area contributed by atoms with Gasteiger partial charge in [0.05, 0.1) is 18.5 Å². The summed E-state index contributed by atoms with van der Waals surface area (Å²) in [5, 5.41) is 3.35. The SMILES string of the molecule is CNC(=O)CN(C)Cc1nc2sc3c(c2c(=O)[nH]1)CCC3. The number of fused-ring (bicyclic) bond motifs is 3. The van der Waals surface area contributed by atoms with Gasteiger partial charge < -0.3 is 10.3 Å². The van der Waals surface area contributed by atoms with Crippen molar-refractivity contribution in [2.24, 2.45) is 0 Å². The van der Waals surface area contributed by atoms with Crippen molar-refractivity contribution in [2.75, 3.05) is 20.6 Å². The Kier molecular flexibility index (Phi) is 3.77. The van der Waals surface area contributed by atoms with Gasteiger partial charge in [0.2, 0.25) is 5.91 Å². The van der Waals surface area contributed by atoms with Gasteiger partial charge in [0, 0.05) is 11.9 Å². The molecular formula is C14H18N4O2S. The van der Waals surface area contributed by atoms with Crippen LogP contribution in [0.5, 0.6) is 0 Å². The number of thiophene rings is 1. The number of H-pyrrole nitrogens is 1. The Morgan fingerprint density at radius 1 is 1.48 bits per heavy atom. The number of amides is 1. The molecule has 2 N–H and O–H groups in total. The molecule has 2 aromatic heterocycles. The smallest absolute Gasteiger partial charge is 0.259 e. The first kappa shape index (κ1) is 14.2. The lowest BCUT2D eigenvalue weighted by Crippen LogP contribution is -2.33. The molecule has 1 aliphatic rings. The second kappa shape index (κ2) is 5.57. The lowest BCUT2D eigenvalue weighted by molar-refractivity contribution is -0.121. The van der Waals surface area contributed by atoms with Gasteiger partial charge in [0.1, 0.15) is 10.7 Å². The number of likely N-dealkylation sites (N-methyl/N-ethyl adjacent to an activating group) is 2. The number of aromatic nitrogens is 2. The number of carbonyl (C=O) groups is 1. The van der Waals surface area contributed by atoms with E-state index in [-0.39, 0.29) is 18.0 Å². The van der Waals surface area contributed by atoms with Crippen LogP contribution in [0.3, 0.4) is 0 Å². The molecule has 0 radical (unpaired) electrons. The second-order valence-electron chi connectivity index (χ2n) is 5.40. The summed E-state index contributed by atoms with van der Waals surface area (Å²) in [5.74, 6) is 0.551. The van der Waals surface area contributed by atoms with E-state index in [9.17, 15) is 9.59 Å². The fraction of sp³-hybridized carbons (Fsp3) is 0.500. The minimum absolute atomic E-state index is 0.0530.